The molecule has 3 rings (SSSR count). The quantitative estimate of drug-likeness (QED) is 0.599. The third-order valence-electron chi connectivity index (χ3n) is 4.15. The number of rotatable bonds is 7. The minimum Gasteiger partial charge on any atom is -0.493 e. The topological polar surface area (TPSA) is 86.5 Å². The average Bonchev–Trinajstić information content (AvgIpc) is 3.17. The first kappa shape index (κ1) is 19.8. The predicted molar refractivity (Wildman–Crippen MR) is 108 cm³/mol. The van der Waals surface area contributed by atoms with Crippen LogP contribution in [-0.4, -0.2) is 36.1 Å². The molecule has 0 unspecified atom stereocenters. The lowest BCUT2D eigenvalue weighted by Crippen LogP contribution is -2.14. The molecule has 7 nitrogen and oxygen atoms in total. The van der Waals surface area contributed by atoms with E-state index in [1.54, 1.807) is 32.4 Å². The SMILES string of the molecule is COc1ccc(NC(=O)CSc2nnc(-c3ccc(C)c(C)c3)o2)cc1OC. The smallest absolute Gasteiger partial charge is 0.277 e. The molecule has 0 saturated heterocycles. The molecule has 2 aromatic carbocycles. The largest absolute Gasteiger partial charge is 0.493 e. The lowest BCUT2D eigenvalue weighted by Gasteiger charge is -2.10. The summed E-state index contributed by atoms with van der Waals surface area (Å²) in [6, 6.07) is 11.1. The van der Waals surface area contributed by atoms with Crippen LogP contribution in [0.25, 0.3) is 11.5 Å². The van der Waals surface area contributed by atoms with Crippen molar-refractivity contribution in [3.05, 3.63) is 47.5 Å². The first-order valence-corrected chi connectivity index (χ1v) is 9.54. The first-order valence-electron chi connectivity index (χ1n) is 8.56. The second kappa shape index (κ2) is 8.79. The van der Waals surface area contributed by atoms with E-state index in [0.717, 1.165) is 11.1 Å². The maximum absolute atomic E-state index is 12.2. The van der Waals surface area contributed by atoms with Crippen molar-refractivity contribution in [2.24, 2.45) is 0 Å². The predicted octanol–water partition coefficient (Wildman–Crippen LogP) is 4.10. The van der Waals surface area contributed by atoms with Gasteiger partial charge in [0, 0.05) is 17.3 Å². The van der Waals surface area contributed by atoms with Crippen LogP contribution in [0.3, 0.4) is 0 Å². The number of amides is 1. The number of methoxy groups -OCH3 is 2. The van der Waals surface area contributed by atoms with Crippen LogP contribution in [0, 0.1) is 13.8 Å². The van der Waals surface area contributed by atoms with Gasteiger partial charge in [-0.2, -0.15) is 0 Å². The van der Waals surface area contributed by atoms with Crippen LogP contribution in [0.4, 0.5) is 5.69 Å². The fraction of sp³-hybridized carbons (Fsp3) is 0.250. The van der Waals surface area contributed by atoms with Gasteiger partial charge in [0.05, 0.1) is 20.0 Å². The molecule has 3 aromatic rings. The van der Waals surface area contributed by atoms with E-state index in [4.69, 9.17) is 13.9 Å². The van der Waals surface area contributed by atoms with Crippen molar-refractivity contribution >= 4 is 23.4 Å². The van der Waals surface area contributed by atoms with Crippen LogP contribution in [0.5, 0.6) is 11.5 Å². The minimum atomic E-state index is -0.192. The summed E-state index contributed by atoms with van der Waals surface area (Å²) in [5, 5.41) is 11.2. The van der Waals surface area contributed by atoms with Crippen LogP contribution in [0.2, 0.25) is 0 Å². The molecule has 0 aliphatic heterocycles. The Bertz CT molecular complexity index is 987. The van der Waals surface area contributed by atoms with E-state index in [9.17, 15) is 4.79 Å². The highest BCUT2D eigenvalue weighted by Gasteiger charge is 2.13. The van der Waals surface area contributed by atoms with Crippen molar-refractivity contribution in [3.63, 3.8) is 0 Å². The van der Waals surface area contributed by atoms with Gasteiger partial charge in [0.15, 0.2) is 11.5 Å². The van der Waals surface area contributed by atoms with Gasteiger partial charge in [-0.05, 0) is 49.2 Å². The van der Waals surface area contributed by atoms with Gasteiger partial charge in [-0.15, -0.1) is 10.2 Å². The fourth-order valence-electron chi connectivity index (χ4n) is 2.50. The maximum Gasteiger partial charge on any atom is 0.277 e. The fourth-order valence-corrected chi connectivity index (χ4v) is 3.06. The van der Waals surface area contributed by atoms with Crippen molar-refractivity contribution in [2.75, 3.05) is 25.3 Å². The summed E-state index contributed by atoms with van der Waals surface area (Å²) in [5.41, 5.74) is 3.82. The van der Waals surface area contributed by atoms with E-state index in [0.29, 0.717) is 28.3 Å². The number of carbonyl (C=O) groups excluding carboxylic acids is 1. The Balaban J connectivity index is 1.59. The number of thioether (sulfide) groups is 1. The van der Waals surface area contributed by atoms with Crippen LogP contribution < -0.4 is 14.8 Å². The second-order valence-electron chi connectivity index (χ2n) is 6.08. The summed E-state index contributed by atoms with van der Waals surface area (Å²) >= 11 is 1.18. The highest BCUT2D eigenvalue weighted by atomic mass is 32.2. The highest BCUT2D eigenvalue weighted by Crippen LogP contribution is 2.30. The highest BCUT2D eigenvalue weighted by molar-refractivity contribution is 7.99. The molecule has 0 saturated carbocycles. The Kier molecular flexibility index (Phi) is 6.20. The zero-order valence-corrected chi connectivity index (χ0v) is 16.9. The Morgan fingerprint density at radius 2 is 1.82 bits per heavy atom. The van der Waals surface area contributed by atoms with Gasteiger partial charge in [-0.1, -0.05) is 17.8 Å². The van der Waals surface area contributed by atoms with Crippen molar-refractivity contribution in [1.29, 1.82) is 0 Å². The Morgan fingerprint density at radius 1 is 1.04 bits per heavy atom. The molecule has 0 radical (unpaired) electrons. The van der Waals surface area contributed by atoms with E-state index in [2.05, 4.69) is 15.5 Å². The second-order valence-corrected chi connectivity index (χ2v) is 7.01. The van der Waals surface area contributed by atoms with E-state index < -0.39 is 0 Å². The molecule has 8 heteroatoms. The summed E-state index contributed by atoms with van der Waals surface area (Å²) in [4.78, 5) is 12.2. The van der Waals surface area contributed by atoms with Crippen LogP contribution >= 0.6 is 11.8 Å². The zero-order chi connectivity index (χ0) is 20.1. The van der Waals surface area contributed by atoms with Crippen LogP contribution in [0.1, 0.15) is 11.1 Å². The molecule has 1 heterocycles. The number of hydrogen-bond donors (Lipinski definition) is 1. The van der Waals surface area contributed by atoms with Crippen molar-refractivity contribution in [3.8, 4) is 23.0 Å². The molecular weight excluding hydrogens is 378 g/mol. The maximum atomic E-state index is 12.2. The Labute approximate surface area is 167 Å². The van der Waals surface area contributed by atoms with Crippen molar-refractivity contribution in [2.45, 2.75) is 19.1 Å². The number of carbonyl (C=O) groups is 1. The molecule has 28 heavy (non-hydrogen) atoms. The van der Waals surface area contributed by atoms with E-state index in [1.807, 2.05) is 32.0 Å². The van der Waals surface area contributed by atoms with Gasteiger partial charge in [0.2, 0.25) is 11.8 Å². The molecule has 0 spiro atoms. The Hall–Kier alpha value is -3.00. The third kappa shape index (κ3) is 4.64. The zero-order valence-electron chi connectivity index (χ0n) is 16.1. The molecule has 1 aromatic heterocycles. The first-order chi connectivity index (χ1) is 13.5. The van der Waals surface area contributed by atoms with Gasteiger partial charge < -0.3 is 19.2 Å². The van der Waals surface area contributed by atoms with Crippen LogP contribution in [0.15, 0.2) is 46.0 Å². The van der Waals surface area contributed by atoms with Crippen LogP contribution in [-0.2, 0) is 4.79 Å². The van der Waals surface area contributed by atoms with Gasteiger partial charge in [-0.3, -0.25) is 4.79 Å². The normalized spacial score (nSPS) is 10.6. The lowest BCUT2D eigenvalue weighted by atomic mass is 10.1. The summed E-state index contributed by atoms with van der Waals surface area (Å²) in [7, 11) is 3.10. The summed E-state index contributed by atoms with van der Waals surface area (Å²) in [6.07, 6.45) is 0. The molecular formula is C20H21N3O4S. The number of nitrogens with one attached hydrogen (secondary N) is 1. The molecule has 0 atom stereocenters. The van der Waals surface area contributed by atoms with Crippen molar-refractivity contribution < 1.29 is 18.7 Å². The molecule has 0 bridgehead atoms. The standard InChI is InChI=1S/C20H21N3O4S/c1-12-5-6-14(9-13(12)2)19-22-23-20(27-19)28-11-18(24)21-15-7-8-16(25-3)17(10-15)26-4/h5-10H,11H2,1-4H3,(H,21,24). The molecule has 0 aliphatic rings. The van der Waals surface area contributed by atoms with Gasteiger partial charge >= 0.3 is 0 Å². The molecule has 0 aliphatic carbocycles. The minimum absolute atomic E-state index is 0.142. The summed E-state index contributed by atoms with van der Waals surface area (Å²) < 4.78 is 16.1. The van der Waals surface area contributed by atoms with Crippen molar-refractivity contribution in [1.82, 2.24) is 10.2 Å². The van der Waals surface area contributed by atoms with E-state index in [1.165, 1.54) is 17.3 Å². The molecule has 0 fully saturated rings. The number of aromatic nitrogens is 2. The monoisotopic (exact) mass is 399 g/mol. The summed E-state index contributed by atoms with van der Waals surface area (Å²) in [5.74, 6) is 1.53. The number of nitrogens with zero attached hydrogens (tertiary/aromatic N) is 2. The van der Waals surface area contributed by atoms with E-state index >= 15 is 0 Å². The summed E-state index contributed by atoms with van der Waals surface area (Å²) in [6.45, 7) is 4.08. The Morgan fingerprint density at radius 3 is 2.54 bits per heavy atom. The number of hydrogen-bond acceptors (Lipinski definition) is 7. The molecule has 1 N–H and O–H groups in total. The van der Waals surface area contributed by atoms with E-state index in [-0.39, 0.29) is 11.7 Å². The average molecular weight is 399 g/mol. The lowest BCUT2D eigenvalue weighted by molar-refractivity contribution is -0.113. The molecule has 146 valence electrons. The number of benzene rings is 2. The number of anilines is 1. The number of aryl methyl sites for hydroxylation is 2. The third-order valence-corrected chi connectivity index (χ3v) is 4.97. The van der Waals surface area contributed by atoms with Gasteiger partial charge in [0.1, 0.15) is 0 Å². The number of ether oxygens (including phenoxy) is 2. The van der Waals surface area contributed by atoms with Gasteiger partial charge in [0.25, 0.3) is 5.22 Å². The van der Waals surface area contributed by atoms with Gasteiger partial charge in [-0.25, -0.2) is 0 Å². The molecule has 1 amide bonds.